The Morgan fingerprint density at radius 2 is 2.00 bits per heavy atom. The topological polar surface area (TPSA) is 37.8 Å². The highest BCUT2D eigenvalue weighted by molar-refractivity contribution is 9.10. The molecule has 1 heterocycles. The van der Waals surface area contributed by atoms with Crippen LogP contribution in [0.2, 0.25) is 0 Å². The Balaban J connectivity index is 2.03. The first kappa shape index (κ1) is 13.8. The van der Waals surface area contributed by atoms with E-state index in [9.17, 15) is 0 Å². The van der Waals surface area contributed by atoms with Gasteiger partial charge in [0.05, 0.1) is 0 Å². The largest absolute Gasteiger partial charge is 0.369 e. The van der Waals surface area contributed by atoms with Crippen molar-refractivity contribution in [2.24, 2.45) is 5.41 Å². The molecule has 0 amide bonds. The van der Waals surface area contributed by atoms with Gasteiger partial charge in [0.25, 0.3) is 0 Å². The van der Waals surface area contributed by atoms with Crippen molar-refractivity contribution < 1.29 is 0 Å². The summed E-state index contributed by atoms with van der Waals surface area (Å²) in [6.07, 6.45) is 7.58. The molecule has 0 unspecified atom stereocenters. The Morgan fingerprint density at radius 3 is 2.61 bits per heavy atom. The van der Waals surface area contributed by atoms with E-state index in [0.29, 0.717) is 5.41 Å². The molecule has 0 radical (unpaired) electrons. The molecule has 0 atom stereocenters. The second kappa shape index (κ2) is 6.00. The lowest BCUT2D eigenvalue weighted by atomic mass is 9.83. The van der Waals surface area contributed by atoms with E-state index in [1.807, 2.05) is 6.07 Å². The number of hydrogen-bond donors (Lipinski definition) is 1. The summed E-state index contributed by atoms with van der Waals surface area (Å²) < 4.78 is 0.869. The Bertz CT molecular complexity index is 400. The third-order valence-corrected chi connectivity index (χ3v) is 4.52. The predicted octanol–water partition coefficient (Wildman–Crippen LogP) is 4.18. The summed E-state index contributed by atoms with van der Waals surface area (Å²) in [4.78, 5) is 8.86. The molecule has 1 N–H and O–H groups in total. The summed E-state index contributed by atoms with van der Waals surface area (Å²) in [6, 6.07) is 1.97. The summed E-state index contributed by atoms with van der Waals surface area (Å²) in [5, 5.41) is 3.51. The lowest BCUT2D eigenvalue weighted by Crippen LogP contribution is -2.26. The van der Waals surface area contributed by atoms with E-state index in [-0.39, 0.29) is 0 Å². The number of halogens is 1. The van der Waals surface area contributed by atoms with E-state index in [0.717, 1.165) is 29.2 Å². The molecule has 1 aliphatic rings. The highest BCUT2D eigenvalue weighted by Crippen LogP contribution is 2.40. The lowest BCUT2D eigenvalue weighted by molar-refractivity contribution is 0.306. The monoisotopic (exact) mass is 311 g/mol. The Morgan fingerprint density at radius 1 is 1.28 bits per heavy atom. The maximum atomic E-state index is 4.53. The molecule has 4 heteroatoms. The molecular formula is C14H22BrN3. The zero-order valence-corrected chi connectivity index (χ0v) is 12.9. The maximum Gasteiger partial charge on any atom is 0.131 e. The van der Waals surface area contributed by atoms with Gasteiger partial charge >= 0.3 is 0 Å². The van der Waals surface area contributed by atoms with Crippen LogP contribution in [0.1, 0.15) is 51.8 Å². The third kappa shape index (κ3) is 3.22. The van der Waals surface area contributed by atoms with Crippen molar-refractivity contribution in [3.8, 4) is 0 Å². The number of rotatable bonds is 5. The van der Waals surface area contributed by atoms with Crippen LogP contribution in [-0.4, -0.2) is 16.5 Å². The molecule has 3 nitrogen and oxygen atoms in total. The van der Waals surface area contributed by atoms with Gasteiger partial charge in [-0.15, -0.1) is 0 Å². The second-order valence-electron chi connectivity index (χ2n) is 5.26. The van der Waals surface area contributed by atoms with E-state index < -0.39 is 0 Å². The molecule has 1 aromatic heterocycles. The fourth-order valence-electron chi connectivity index (χ4n) is 2.77. The fourth-order valence-corrected chi connectivity index (χ4v) is 3.19. The molecule has 1 aliphatic carbocycles. The maximum absolute atomic E-state index is 4.53. The second-order valence-corrected chi connectivity index (χ2v) is 6.07. The number of hydrogen-bond acceptors (Lipinski definition) is 3. The van der Waals surface area contributed by atoms with Crippen LogP contribution in [0.5, 0.6) is 0 Å². The number of nitrogens with one attached hydrogen (secondary N) is 1. The van der Waals surface area contributed by atoms with Gasteiger partial charge in [-0.05, 0) is 40.6 Å². The highest BCUT2D eigenvalue weighted by atomic mass is 79.9. The first-order valence-electron chi connectivity index (χ1n) is 6.95. The smallest absolute Gasteiger partial charge is 0.131 e. The average molecular weight is 312 g/mol. The Labute approximate surface area is 118 Å². The van der Waals surface area contributed by atoms with Gasteiger partial charge < -0.3 is 5.32 Å². The molecule has 0 bridgehead atoms. The predicted molar refractivity (Wildman–Crippen MR) is 78.8 cm³/mol. The van der Waals surface area contributed by atoms with Crippen LogP contribution in [0.15, 0.2) is 10.7 Å². The van der Waals surface area contributed by atoms with Crippen molar-refractivity contribution in [2.45, 2.75) is 52.4 Å². The Hall–Kier alpha value is -0.640. The van der Waals surface area contributed by atoms with E-state index in [1.54, 1.807) is 0 Å². The summed E-state index contributed by atoms with van der Waals surface area (Å²) in [5.41, 5.74) is 0.490. The minimum Gasteiger partial charge on any atom is -0.369 e. The first-order chi connectivity index (χ1) is 8.67. The summed E-state index contributed by atoms with van der Waals surface area (Å²) in [7, 11) is 0. The molecule has 100 valence electrons. The van der Waals surface area contributed by atoms with E-state index in [4.69, 9.17) is 0 Å². The third-order valence-electron chi connectivity index (χ3n) is 4.12. The van der Waals surface area contributed by atoms with Crippen LogP contribution in [0.3, 0.4) is 0 Å². The molecule has 1 aromatic rings. The number of nitrogens with zero attached hydrogens (tertiary/aromatic N) is 2. The molecule has 0 saturated heterocycles. The summed E-state index contributed by atoms with van der Waals surface area (Å²) in [6.45, 7) is 5.42. The van der Waals surface area contributed by atoms with Crippen molar-refractivity contribution in [1.29, 1.82) is 0 Å². The van der Waals surface area contributed by atoms with E-state index >= 15 is 0 Å². The van der Waals surface area contributed by atoms with Crippen molar-refractivity contribution in [3.63, 3.8) is 0 Å². The van der Waals surface area contributed by atoms with Gasteiger partial charge in [0.2, 0.25) is 0 Å². The van der Waals surface area contributed by atoms with Gasteiger partial charge in [-0.2, -0.15) is 0 Å². The first-order valence-corrected chi connectivity index (χ1v) is 7.74. The molecule has 1 saturated carbocycles. The van der Waals surface area contributed by atoms with Crippen LogP contribution in [0.25, 0.3) is 0 Å². The number of aryl methyl sites for hydroxylation is 1. The Kier molecular flexibility index (Phi) is 4.60. The van der Waals surface area contributed by atoms with Crippen LogP contribution < -0.4 is 5.32 Å². The molecule has 0 aromatic carbocycles. The summed E-state index contributed by atoms with van der Waals surface area (Å²) >= 11 is 3.45. The SMILES string of the molecule is CCc1nc(Br)cc(NCC2(CC)CCCC2)n1. The zero-order valence-electron chi connectivity index (χ0n) is 11.3. The lowest BCUT2D eigenvalue weighted by Gasteiger charge is -2.28. The van der Waals surface area contributed by atoms with Gasteiger partial charge in [0.15, 0.2) is 0 Å². The van der Waals surface area contributed by atoms with Crippen LogP contribution in [0.4, 0.5) is 5.82 Å². The quantitative estimate of drug-likeness (QED) is 0.829. The molecule has 0 aliphatic heterocycles. The normalized spacial score (nSPS) is 17.9. The van der Waals surface area contributed by atoms with Gasteiger partial charge in [-0.3, -0.25) is 0 Å². The van der Waals surface area contributed by atoms with Gasteiger partial charge in [0, 0.05) is 19.0 Å². The molecule has 1 fully saturated rings. The molecular weight excluding hydrogens is 290 g/mol. The number of anilines is 1. The highest BCUT2D eigenvalue weighted by Gasteiger charge is 2.31. The minimum atomic E-state index is 0.490. The fraction of sp³-hybridized carbons (Fsp3) is 0.714. The van der Waals surface area contributed by atoms with Crippen LogP contribution in [-0.2, 0) is 6.42 Å². The van der Waals surface area contributed by atoms with Crippen molar-refractivity contribution in [1.82, 2.24) is 9.97 Å². The molecule has 0 spiro atoms. The van der Waals surface area contributed by atoms with Crippen LogP contribution in [0, 0.1) is 5.41 Å². The number of aromatic nitrogens is 2. The minimum absolute atomic E-state index is 0.490. The summed E-state index contributed by atoms with van der Waals surface area (Å²) in [5.74, 6) is 1.84. The van der Waals surface area contributed by atoms with E-state index in [1.165, 1.54) is 32.1 Å². The van der Waals surface area contributed by atoms with Gasteiger partial charge in [0.1, 0.15) is 16.2 Å². The van der Waals surface area contributed by atoms with Crippen molar-refractivity contribution >= 4 is 21.7 Å². The molecule has 18 heavy (non-hydrogen) atoms. The van der Waals surface area contributed by atoms with Gasteiger partial charge in [-0.25, -0.2) is 9.97 Å². The van der Waals surface area contributed by atoms with Crippen molar-refractivity contribution in [2.75, 3.05) is 11.9 Å². The zero-order chi connectivity index (χ0) is 13.0. The van der Waals surface area contributed by atoms with Gasteiger partial charge in [-0.1, -0.05) is 26.7 Å². The van der Waals surface area contributed by atoms with Crippen LogP contribution >= 0.6 is 15.9 Å². The standard InChI is InChI=1S/C14H22BrN3/c1-3-12-17-11(15)9-13(18-12)16-10-14(4-2)7-5-6-8-14/h9H,3-8,10H2,1-2H3,(H,16,17,18). The van der Waals surface area contributed by atoms with E-state index in [2.05, 4.69) is 45.1 Å². The molecule has 2 rings (SSSR count). The van der Waals surface area contributed by atoms with Crippen molar-refractivity contribution in [3.05, 3.63) is 16.5 Å². The average Bonchev–Trinajstić information content (AvgIpc) is 2.85.